The van der Waals surface area contributed by atoms with E-state index in [-0.39, 0.29) is 6.09 Å². The van der Waals surface area contributed by atoms with Gasteiger partial charge < -0.3 is 20.3 Å². The highest BCUT2D eigenvalue weighted by atomic mass is 16.6. The number of piperazine rings is 1. The van der Waals surface area contributed by atoms with Gasteiger partial charge >= 0.3 is 6.09 Å². The van der Waals surface area contributed by atoms with Gasteiger partial charge in [-0.15, -0.1) is 0 Å². The lowest BCUT2D eigenvalue weighted by Gasteiger charge is -2.47. The number of aromatic nitrogens is 1. The van der Waals surface area contributed by atoms with Crippen molar-refractivity contribution in [1.29, 1.82) is 0 Å². The van der Waals surface area contributed by atoms with E-state index in [1.54, 1.807) is 6.20 Å². The van der Waals surface area contributed by atoms with Gasteiger partial charge in [0.15, 0.2) is 0 Å². The van der Waals surface area contributed by atoms with E-state index < -0.39 is 0 Å². The number of piperidine rings is 1. The third-order valence-electron chi connectivity index (χ3n) is 5.83. The van der Waals surface area contributed by atoms with Crippen LogP contribution in [-0.2, 0) is 4.74 Å². The van der Waals surface area contributed by atoms with Crippen molar-refractivity contribution in [2.45, 2.75) is 52.1 Å². The molecule has 2 aliphatic rings. The van der Waals surface area contributed by atoms with Gasteiger partial charge in [-0.1, -0.05) is 6.92 Å². The van der Waals surface area contributed by atoms with Crippen molar-refractivity contribution in [1.82, 2.24) is 14.8 Å². The minimum Gasteiger partial charge on any atom is -0.450 e. The summed E-state index contributed by atoms with van der Waals surface area (Å²) in [6.45, 7) is 11.2. The molecule has 1 atom stereocenters. The van der Waals surface area contributed by atoms with Crippen molar-refractivity contribution in [3.8, 4) is 0 Å². The Hall–Kier alpha value is -2.02. The van der Waals surface area contributed by atoms with Crippen LogP contribution in [-0.4, -0.2) is 72.3 Å². The number of nitrogens with zero attached hydrogens (tertiary/aromatic N) is 4. The molecule has 27 heavy (non-hydrogen) atoms. The van der Waals surface area contributed by atoms with E-state index in [0.29, 0.717) is 18.7 Å². The molecule has 1 aromatic rings. The SMILES string of the molecule is CCOC(=O)N1CCC(N2CCN(c3ncc(N)cc3C)CC2CC)CC1. The number of carbonyl (C=O) groups excluding carboxylic acids is 1. The normalized spacial score (nSPS) is 22.1. The fraction of sp³-hybridized carbons (Fsp3) is 0.700. The number of carbonyl (C=O) groups is 1. The lowest BCUT2D eigenvalue weighted by atomic mass is 9.98. The molecule has 1 aromatic heterocycles. The number of ether oxygens (including phenoxy) is 1. The quantitative estimate of drug-likeness (QED) is 0.871. The maximum Gasteiger partial charge on any atom is 0.409 e. The van der Waals surface area contributed by atoms with Gasteiger partial charge in [0.2, 0.25) is 0 Å². The van der Waals surface area contributed by atoms with Crippen LogP contribution in [0.3, 0.4) is 0 Å². The number of rotatable bonds is 4. The first-order valence-corrected chi connectivity index (χ1v) is 10.2. The molecular formula is C20H33N5O2. The topological polar surface area (TPSA) is 74.9 Å². The summed E-state index contributed by atoms with van der Waals surface area (Å²) in [6.07, 6.45) is 4.74. The van der Waals surface area contributed by atoms with Crippen LogP contribution in [0.15, 0.2) is 12.3 Å². The number of nitrogen functional groups attached to an aromatic ring is 1. The summed E-state index contributed by atoms with van der Waals surface area (Å²) in [5.41, 5.74) is 7.71. The molecule has 0 saturated carbocycles. The summed E-state index contributed by atoms with van der Waals surface area (Å²) in [7, 11) is 0. The van der Waals surface area contributed by atoms with E-state index in [1.165, 1.54) is 0 Å². The average molecular weight is 376 g/mol. The fourth-order valence-electron chi connectivity index (χ4n) is 4.42. The minimum absolute atomic E-state index is 0.169. The molecule has 2 saturated heterocycles. The number of likely N-dealkylation sites (tertiary alicyclic amines) is 1. The Kier molecular flexibility index (Phi) is 6.42. The molecule has 0 aromatic carbocycles. The Balaban J connectivity index is 1.60. The molecule has 2 aliphatic heterocycles. The second kappa shape index (κ2) is 8.78. The van der Waals surface area contributed by atoms with Crippen LogP contribution < -0.4 is 10.6 Å². The monoisotopic (exact) mass is 375 g/mol. The standard InChI is InChI=1S/C20H33N5O2/c1-4-17-14-24(19-15(3)12-16(21)13-22-19)10-11-25(17)18-6-8-23(9-7-18)20(26)27-5-2/h12-13,17-18H,4-11,14,21H2,1-3H3. The molecule has 150 valence electrons. The van der Waals surface area contributed by atoms with Crippen LogP contribution in [0, 0.1) is 6.92 Å². The fourth-order valence-corrected chi connectivity index (χ4v) is 4.42. The highest BCUT2D eigenvalue weighted by Gasteiger charge is 2.34. The van der Waals surface area contributed by atoms with Gasteiger partial charge in [0, 0.05) is 44.8 Å². The Morgan fingerprint density at radius 2 is 2.00 bits per heavy atom. The van der Waals surface area contributed by atoms with Crippen LogP contribution in [0.25, 0.3) is 0 Å². The zero-order valence-corrected chi connectivity index (χ0v) is 16.9. The van der Waals surface area contributed by atoms with Crippen LogP contribution in [0.5, 0.6) is 0 Å². The molecule has 0 spiro atoms. The van der Waals surface area contributed by atoms with Crippen molar-refractivity contribution in [3.63, 3.8) is 0 Å². The van der Waals surface area contributed by atoms with E-state index >= 15 is 0 Å². The molecule has 0 radical (unpaired) electrons. The summed E-state index contributed by atoms with van der Waals surface area (Å²) in [5.74, 6) is 1.06. The second-order valence-corrected chi connectivity index (χ2v) is 7.57. The van der Waals surface area contributed by atoms with Gasteiger partial charge in [-0.05, 0) is 44.7 Å². The second-order valence-electron chi connectivity index (χ2n) is 7.57. The summed E-state index contributed by atoms with van der Waals surface area (Å²) in [5, 5.41) is 0. The van der Waals surface area contributed by atoms with Gasteiger partial charge in [-0.2, -0.15) is 0 Å². The zero-order chi connectivity index (χ0) is 19.4. The number of aryl methyl sites for hydroxylation is 1. The number of nitrogens with two attached hydrogens (primary N) is 1. The molecule has 0 bridgehead atoms. The maximum absolute atomic E-state index is 11.9. The first-order valence-electron chi connectivity index (χ1n) is 10.2. The van der Waals surface area contributed by atoms with Crippen molar-refractivity contribution in [2.75, 3.05) is 50.0 Å². The van der Waals surface area contributed by atoms with Crippen LogP contribution in [0.4, 0.5) is 16.3 Å². The van der Waals surface area contributed by atoms with Gasteiger partial charge in [0.05, 0.1) is 18.5 Å². The largest absolute Gasteiger partial charge is 0.450 e. The van der Waals surface area contributed by atoms with E-state index in [1.807, 2.05) is 17.9 Å². The minimum atomic E-state index is -0.169. The third-order valence-corrected chi connectivity index (χ3v) is 5.83. The molecule has 7 nitrogen and oxygen atoms in total. The molecule has 1 amide bonds. The molecular weight excluding hydrogens is 342 g/mol. The average Bonchev–Trinajstić information content (AvgIpc) is 2.68. The van der Waals surface area contributed by atoms with Gasteiger partial charge in [-0.3, -0.25) is 4.90 Å². The highest BCUT2D eigenvalue weighted by Crippen LogP contribution is 2.27. The number of anilines is 2. The van der Waals surface area contributed by atoms with Crippen LogP contribution >= 0.6 is 0 Å². The predicted octanol–water partition coefficient (Wildman–Crippen LogP) is 2.49. The Morgan fingerprint density at radius 3 is 2.63 bits per heavy atom. The van der Waals surface area contributed by atoms with Gasteiger partial charge in [0.25, 0.3) is 0 Å². The Morgan fingerprint density at radius 1 is 1.26 bits per heavy atom. The first-order chi connectivity index (χ1) is 13.0. The van der Waals surface area contributed by atoms with Crippen molar-refractivity contribution in [2.24, 2.45) is 0 Å². The van der Waals surface area contributed by atoms with E-state index in [9.17, 15) is 4.79 Å². The molecule has 1 unspecified atom stereocenters. The zero-order valence-electron chi connectivity index (χ0n) is 16.9. The summed E-state index contributed by atoms with van der Waals surface area (Å²) in [6, 6.07) is 3.06. The summed E-state index contributed by atoms with van der Waals surface area (Å²) in [4.78, 5) is 23.4. The number of hydrogen-bond acceptors (Lipinski definition) is 6. The maximum atomic E-state index is 11.9. The van der Waals surface area contributed by atoms with E-state index in [4.69, 9.17) is 10.5 Å². The lowest BCUT2D eigenvalue weighted by molar-refractivity contribution is 0.0522. The molecule has 7 heteroatoms. The van der Waals surface area contributed by atoms with Gasteiger partial charge in [-0.25, -0.2) is 9.78 Å². The van der Waals surface area contributed by atoms with Crippen molar-refractivity contribution >= 4 is 17.6 Å². The van der Waals surface area contributed by atoms with Crippen molar-refractivity contribution < 1.29 is 9.53 Å². The third kappa shape index (κ3) is 4.46. The molecule has 3 rings (SSSR count). The molecule has 2 fully saturated rings. The number of amides is 1. The highest BCUT2D eigenvalue weighted by molar-refractivity contribution is 5.67. The number of hydrogen-bond donors (Lipinski definition) is 1. The summed E-state index contributed by atoms with van der Waals surface area (Å²) < 4.78 is 5.14. The van der Waals surface area contributed by atoms with Crippen molar-refractivity contribution in [3.05, 3.63) is 17.8 Å². The Labute approximate surface area is 162 Å². The van der Waals surface area contributed by atoms with Gasteiger partial charge in [0.1, 0.15) is 5.82 Å². The van der Waals surface area contributed by atoms with E-state index in [0.717, 1.165) is 69.1 Å². The molecule has 2 N–H and O–H groups in total. The van der Waals surface area contributed by atoms with E-state index in [2.05, 4.69) is 28.6 Å². The Bertz CT molecular complexity index is 645. The summed E-state index contributed by atoms with van der Waals surface area (Å²) >= 11 is 0. The van der Waals surface area contributed by atoms with Crippen LogP contribution in [0.1, 0.15) is 38.7 Å². The lowest BCUT2D eigenvalue weighted by Crippen LogP contribution is -2.58. The molecule has 0 aliphatic carbocycles. The smallest absolute Gasteiger partial charge is 0.409 e. The number of pyridine rings is 1. The van der Waals surface area contributed by atoms with Crippen LogP contribution in [0.2, 0.25) is 0 Å². The predicted molar refractivity (Wildman–Crippen MR) is 108 cm³/mol. The first kappa shape index (κ1) is 19.7. The molecule has 3 heterocycles.